The summed E-state index contributed by atoms with van der Waals surface area (Å²) < 4.78 is 0. The first kappa shape index (κ1) is 18.6. The predicted octanol–water partition coefficient (Wildman–Crippen LogP) is 3.64. The summed E-state index contributed by atoms with van der Waals surface area (Å²) in [6, 6.07) is 0. The van der Waals surface area contributed by atoms with Gasteiger partial charge in [0, 0.05) is 6.42 Å². The van der Waals surface area contributed by atoms with E-state index in [1.165, 1.54) is 51.9 Å². The van der Waals surface area contributed by atoms with Gasteiger partial charge in [0.25, 0.3) is 0 Å². The van der Waals surface area contributed by atoms with Gasteiger partial charge >= 0.3 is 0 Å². The number of piperidine rings is 2. The van der Waals surface area contributed by atoms with Crippen molar-refractivity contribution in [3.8, 4) is 0 Å². The number of aldehydes is 1. The molecule has 0 aromatic heterocycles. The van der Waals surface area contributed by atoms with Crippen molar-refractivity contribution in [3.05, 3.63) is 0 Å². The van der Waals surface area contributed by atoms with Crippen molar-refractivity contribution in [1.82, 2.24) is 9.80 Å². The summed E-state index contributed by atoms with van der Waals surface area (Å²) in [6.45, 7) is 14.8. The highest BCUT2D eigenvalue weighted by Crippen LogP contribution is 2.25. The maximum atomic E-state index is 10.5. The molecule has 0 saturated carbocycles. The second-order valence-electron chi connectivity index (χ2n) is 6.80. The molecule has 0 bridgehead atoms. The molecule has 2 aliphatic rings. The molecule has 0 spiro atoms. The van der Waals surface area contributed by atoms with Gasteiger partial charge in [0.2, 0.25) is 0 Å². The van der Waals surface area contributed by atoms with Crippen LogP contribution in [0, 0.1) is 17.8 Å². The second-order valence-corrected chi connectivity index (χ2v) is 6.80. The van der Waals surface area contributed by atoms with Crippen LogP contribution in [0.4, 0.5) is 0 Å². The lowest BCUT2D eigenvalue weighted by Gasteiger charge is -2.39. The number of rotatable bonds is 5. The van der Waals surface area contributed by atoms with Gasteiger partial charge in [-0.2, -0.15) is 0 Å². The highest BCUT2D eigenvalue weighted by atomic mass is 16.1. The Balaban J connectivity index is 0.00000106. The lowest BCUT2D eigenvalue weighted by atomic mass is 9.87. The van der Waals surface area contributed by atoms with E-state index in [-0.39, 0.29) is 0 Å². The van der Waals surface area contributed by atoms with E-state index in [1.807, 2.05) is 13.8 Å². The summed E-state index contributed by atoms with van der Waals surface area (Å²) in [5, 5.41) is 0. The van der Waals surface area contributed by atoms with Gasteiger partial charge in [-0.15, -0.1) is 0 Å². The zero-order chi connectivity index (χ0) is 15.7. The molecule has 0 unspecified atom stereocenters. The molecule has 0 aliphatic carbocycles. The molecule has 124 valence electrons. The first-order valence-electron chi connectivity index (χ1n) is 9.07. The van der Waals surface area contributed by atoms with Crippen LogP contribution in [0.25, 0.3) is 0 Å². The average Bonchev–Trinajstić information content (AvgIpc) is 2.52. The SMILES string of the molecule is CC.CC(C)C1CCN(CN2CCC(CC=O)CC2)CC1. The minimum Gasteiger partial charge on any atom is -0.303 e. The number of hydrogen-bond acceptors (Lipinski definition) is 3. The Morgan fingerprint density at radius 2 is 1.43 bits per heavy atom. The fourth-order valence-corrected chi connectivity index (χ4v) is 3.54. The molecule has 0 amide bonds. The quantitative estimate of drug-likeness (QED) is 0.724. The highest BCUT2D eigenvalue weighted by Gasteiger charge is 2.24. The van der Waals surface area contributed by atoms with Gasteiger partial charge in [-0.1, -0.05) is 27.7 Å². The van der Waals surface area contributed by atoms with Crippen LogP contribution in [0.5, 0.6) is 0 Å². The van der Waals surface area contributed by atoms with Crippen molar-refractivity contribution in [2.45, 2.75) is 59.8 Å². The van der Waals surface area contributed by atoms with E-state index in [0.29, 0.717) is 5.92 Å². The van der Waals surface area contributed by atoms with Crippen LogP contribution in [-0.4, -0.2) is 48.9 Å². The van der Waals surface area contributed by atoms with Crippen LogP contribution >= 0.6 is 0 Å². The number of hydrogen-bond donors (Lipinski definition) is 0. The largest absolute Gasteiger partial charge is 0.303 e. The molecular weight excluding hydrogens is 260 g/mol. The normalized spacial score (nSPS) is 22.9. The van der Waals surface area contributed by atoms with Crippen LogP contribution < -0.4 is 0 Å². The van der Waals surface area contributed by atoms with Crippen molar-refractivity contribution < 1.29 is 4.79 Å². The molecule has 3 heteroatoms. The summed E-state index contributed by atoms with van der Waals surface area (Å²) in [5.74, 6) is 2.44. The Morgan fingerprint density at radius 1 is 0.952 bits per heavy atom. The molecule has 0 aromatic carbocycles. The Bertz CT molecular complexity index is 264. The average molecular weight is 296 g/mol. The third-order valence-electron chi connectivity index (χ3n) is 5.11. The van der Waals surface area contributed by atoms with Gasteiger partial charge in [0.15, 0.2) is 0 Å². The van der Waals surface area contributed by atoms with Crippen molar-refractivity contribution in [3.63, 3.8) is 0 Å². The van der Waals surface area contributed by atoms with Crippen LogP contribution in [0.15, 0.2) is 0 Å². The molecule has 2 saturated heterocycles. The van der Waals surface area contributed by atoms with E-state index in [1.54, 1.807) is 0 Å². The lowest BCUT2D eigenvalue weighted by molar-refractivity contribution is -0.109. The first-order valence-corrected chi connectivity index (χ1v) is 9.07. The Hall–Kier alpha value is -0.410. The van der Waals surface area contributed by atoms with E-state index in [2.05, 4.69) is 23.6 Å². The summed E-state index contributed by atoms with van der Waals surface area (Å²) in [6.07, 6.45) is 7.03. The Morgan fingerprint density at radius 3 is 1.86 bits per heavy atom. The minimum absolute atomic E-state index is 0.653. The lowest BCUT2D eigenvalue weighted by Crippen LogP contribution is -2.45. The fourth-order valence-electron chi connectivity index (χ4n) is 3.54. The third-order valence-corrected chi connectivity index (χ3v) is 5.11. The molecule has 2 fully saturated rings. The highest BCUT2D eigenvalue weighted by molar-refractivity contribution is 5.49. The van der Waals surface area contributed by atoms with Gasteiger partial charge in [-0.05, 0) is 69.6 Å². The van der Waals surface area contributed by atoms with Gasteiger partial charge in [0.05, 0.1) is 6.67 Å². The maximum Gasteiger partial charge on any atom is 0.120 e. The number of carbonyl (C=O) groups excluding carboxylic acids is 1. The Labute approximate surface area is 132 Å². The monoisotopic (exact) mass is 296 g/mol. The maximum absolute atomic E-state index is 10.5. The molecule has 21 heavy (non-hydrogen) atoms. The van der Waals surface area contributed by atoms with Crippen LogP contribution in [0.3, 0.4) is 0 Å². The third kappa shape index (κ3) is 6.48. The molecule has 0 radical (unpaired) electrons. The van der Waals surface area contributed by atoms with Gasteiger partial charge in [0.1, 0.15) is 6.29 Å². The minimum atomic E-state index is 0.653. The fraction of sp³-hybridized carbons (Fsp3) is 0.944. The number of likely N-dealkylation sites (tertiary alicyclic amines) is 2. The van der Waals surface area contributed by atoms with E-state index in [4.69, 9.17) is 0 Å². The zero-order valence-corrected chi connectivity index (χ0v) is 14.7. The molecule has 2 rings (SSSR count). The van der Waals surface area contributed by atoms with E-state index >= 15 is 0 Å². The van der Waals surface area contributed by atoms with Crippen LogP contribution in [0.1, 0.15) is 59.8 Å². The smallest absolute Gasteiger partial charge is 0.120 e. The molecule has 3 nitrogen and oxygen atoms in total. The van der Waals surface area contributed by atoms with E-state index in [0.717, 1.165) is 31.2 Å². The molecule has 0 aromatic rings. The standard InChI is InChI=1S/C16H30N2O.C2H6/c1-14(2)16-5-10-18(11-6-16)13-17-8-3-15(4-9-17)7-12-19;1-2/h12,14-16H,3-11,13H2,1-2H3;1-2H3. The van der Waals surface area contributed by atoms with Crippen molar-refractivity contribution in [2.24, 2.45) is 17.8 Å². The van der Waals surface area contributed by atoms with Crippen LogP contribution in [0.2, 0.25) is 0 Å². The van der Waals surface area contributed by atoms with E-state index in [9.17, 15) is 4.79 Å². The molecule has 0 atom stereocenters. The molecular formula is C18H36N2O. The summed E-state index contributed by atoms with van der Waals surface area (Å²) in [4.78, 5) is 15.7. The molecule has 2 aliphatic heterocycles. The summed E-state index contributed by atoms with van der Waals surface area (Å²) in [5.41, 5.74) is 0. The zero-order valence-electron chi connectivity index (χ0n) is 14.7. The van der Waals surface area contributed by atoms with Crippen molar-refractivity contribution in [1.29, 1.82) is 0 Å². The van der Waals surface area contributed by atoms with Crippen LogP contribution in [-0.2, 0) is 4.79 Å². The molecule has 2 heterocycles. The topological polar surface area (TPSA) is 23.6 Å². The van der Waals surface area contributed by atoms with E-state index < -0.39 is 0 Å². The first-order chi connectivity index (χ1) is 10.2. The van der Waals surface area contributed by atoms with Crippen molar-refractivity contribution >= 4 is 6.29 Å². The summed E-state index contributed by atoms with van der Waals surface area (Å²) >= 11 is 0. The van der Waals surface area contributed by atoms with Gasteiger partial charge < -0.3 is 4.79 Å². The number of nitrogens with zero attached hydrogens (tertiary/aromatic N) is 2. The van der Waals surface area contributed by atoms with Gasteiger partial charge in [-0.3, -0.25) is 9.80 Å². The van der Waals surface area contributed by atoms with Gasteiger partial charge in [-0.25, -0.2) is 0 Å². The Kier molecular flexibility index (Phi) is 9.18. The van der Waals surface area contributed by atoms with Crippen molar-refractivity contribution in [2.75, 3.05) is 32.8 Å². The summed E-state index contributed by atoms with van der Waals surface area (Å²) in [7, 11) is 0. The number of carbonyl (C=O) groups is 1. The molecule has 0 N–H and O–H groups in total. The predicted molar refractivity (Wildman–Crippen MR) is 90.3 cm³/mol. The second kappa shape index (κ2) is 10.3.